The molecule has 1 rings (SSSR count). The fraction of sp³-hybridized carbons (Fsp3) is 0.400. The Hall–Kier alpha value is -2.35. The molecule has 3 N–H and O–H groups in total. The lowest BCUT2D eigenvalue weighted by molar-refractivity contribution is 0.0975. The first kappa shape index (κ1) is 18.7. The standard InChI is InChI=1S/C15H21N3O4S/c1-10(2)7-8-22-12-6-4-5-11(9-12)13(19)16-14(23)17-18-15(20)21-3/h4-6,9-10H,7-8H2,1-3H3,(H,18,20)(H2,16,17,19,23). The normalized spacial score (nSPS) is 9.91. The van der Waals surface area contributed by atoms with Gasteiger partial charge < -0.3 is 9.47 Å². The fourth-order valence-corrected chi connectivity index (χ4v) is 1.65. The maximum absolute atomic E-state index is 12.1. The summed E-state index contributed by atoms with van der Waals surface area (Å²) in [6.07, 6.45) is 0.214. The number of benzene rings is 1. The van der Waals surface area contributed by atoms with E-state index in [1.807, 2.05) is 0 Å². The number of hydrogen-bond donors (Lipinski definition) is 3. The van der Waals surface area contributed by atoms with Gasteiger partial charge >= 0.3 is 6.09 Å². The lowest BCUT2D eigenvalue weighted by Crippen LogP contribution is -2.48. The molecule has 0 aliphatic carbocycles. The quantitative estimate of drug-likeness (QED) is 0.562. The monoisotopic (exact) mass is 339 g/mol. The van der Waals surface area contributed by atoms with E-state index in [9.17, 15) is 9.59 Å². The van der Waals surface area contributed by atoms with E-state index < -0.39 is 12.0 Å². The molecule has 2 amide bonds. The number of methoxy groups -OCH3 is 1. The van der Waals surface area contributed by atoms with E-state index in [0.717, 1.165) is 6.42 Å². The van der Waals surface area contributed by atoms with Gasteiger partial charge in [0.1, 0.15) is 5.75 Å². The van der Waals surface area contributed by atoms with E-state index >= 15 is 0 Å². The summed E-state index contributed by atoms with van der Waals surface area (Å²) in [5, 5.41) is 2.38. The summed E-state index contributed by atoms with van der Waals surface area (Å²) in [6, 6.07) is 6.78. The SMILES string of the molecule is COC(=O)NNC(=S)NC(=O)c1cccc(OCCC(C)C)c1. The molecule has 0 bridgehead atoms. The van der Waals surface area contributed by atoms with Crippen LogP contribution in [0.2, 0.25) is 0 Å². The first-order valence-corrected chi connectivity index (χ1v) is 7.51. The Kier molecular flexibility index (Phi) is 7.82. The number of carbonyl (C=O) groups excluding carboxylic acids is 2. The number of carbonyl (C=O) groups is 2. The van der Waals surface area contributed by atoms with Gasteiger partial charge in [-0.2, -0.15) is 0 Å². The van der Waals surface area contributed by atoms with Gasteiger partial charge in [-0.3, -0.25) is 15.5 Å². The van der Waals surface area contributed by atoms with E-state index in [-0.39, 0.29) is 5.11 Å². The minimum Gasteiger partial charge on any atom is -0.494 e. The van der Waals surface area contributed by atoms with Crippen molar-refractivity contribution in [3.8, 4) is 5.75 Å². The van der Waals surface area contributed by atoms with Crippen LogP contribution < -0.4 is 20.9 Å². The van der Waals surface area contributed by atoms with Gasteiger partial charge in [-0.05, 0) is 42.8 Å². The van der Waals surface area contributed by atoms with Crippen LogP contribution in [0.3, 0.4) is 0 Å². The Morgan fingerprint density at radius 2 is 2.00 bits per heavy atom. The molecule has 0 heterocycles. The molecule has 23 heavy (non-hydrogen) atoms. The van der Waals surface area contributed by atoms with Crippen molar-refractivity contribution in [1.82, 2.24) is 16.2 Å². The smallest absolute Gasteiger partial charge is 0.425 e. The average molecular weight is 339 g/mol. The first-order chi connectivity index (χ1) is 10.9. The molecule has 0 aliphatic rings. The van der Waals surface area contributed by atoms with E-state index in [1.165, 1.54) is 7.11 Å². The molecule has 0 unspecified atom stereocenters. The van der Waals surface area contributed by atoms with Gasteiger partial charge in [-0.25, -0.2) is 10.2 Å². The highest BCUT2D eigenvalue weighted by Gasteiger charge is 2.09. The van der Waals surface area contributed by atoms with Crippen LogP contribution in [0.5, 0.6) is 5.75 Å². The molecule has 0 atom stereocenters. The number of amides is 2. The largest absolute Gasteiger partial charge is 0.494 e. The van der Waals surface area contributed by atoms with Crippen LogP contribution in [0.4, 0.5) is 4.79 Å². The van der Waals surface area contributed by atoms with Gasteiger partial charge in [0.05, 0.1) is 13.7 Å². The Labute approximate surface area is 140 Å². The molecular weight excluding hydrogens is 318 g/mol. The van der Waals surface area contributed by atoms with Crippen LogP contribution in [0.25, 0.3) is 0 Å². The van der Waals surface area contributed by atoms with Gasteiger partial charge in [-0.15, -0.1) is 0 Å². The average Bonchev–Trinajstić information content (AvgIpc) is 2.52. The maximum Gasteiger partial charge on any atom is 0.425 e. The second-order valence-electron chi connectivity index (χ2n) is 5.08. The van der Waals surface area contributed by atoms with Crippen LogP contribution in [0.1, 0.15) is 30.6 Å². The van der Waals surface area contributed by atoms with E-state index in [2.05, 4.69) is 34.8 Å². The highest BCUT2D eigenvalue weighted by atomic mass is 32.1. The zero-order valence-corrected chi connectivity index (χ0v) is 14.2. The summed E-state index contributed by atoms with van der Waals surface area (Å²) in [5.41, 5.74) is 4.88. The third-order valence-electron chi connectivity index (χ3n) is 2.75. The second kappa shape index (κ2) is 9.62. The summed E-state index contributed by atoms with van der Waals surface area (Å²) < 4.78 is 9.96. The minimum absolute atomic E-state index is 0.0495. The van der Waals surface area contributed by atoms with Crippen LogP contribution in [0.15, 0.2) is 24.3 Å². The molecule has 0 radical (unpaired) electrons. The van der Waals surface area contributed by atoms with E-state index in [1.54, 1.807) is 24.3 Å². The topological polar surface area (TPSA) is 88.7 Å². The van der Waals surface area contributed by atoms with E-state index in [4.69, 9.17) is 17.0 Å². The summed E-state index contributed by atoms with van der Waals surface area (Å²) >= 11 is 4.88. The van der Waals surface area contributed by atoms with Crippen molar-refractivity contribution in [3.05, 3.63) is 29.8 Å². The third kappa shape index (κ3) is 7.46. The molecule has 126 valence electrons. The van der Waals surface area contributed by atoms with Gasteiger partial charge in [0.25, 0.3) is 5.91 Å². The number of ether oxygens (including phenoxy) is 2. The lowest BCUT2D eigenvalue weighted by Gasteiger charge is -2.11. The predicted molar refractivity (Wildman–Crippen MR) is 90.1 cm³/mol. The Morgan fingerprint density at radius 3 is 2.65 bits per heavy atom. The Bertz CT molecular complexity index is 563. The van der Waals surface area contributed by atoms with Gasteiger partial charge in [0.2, 0.25) is 0 Å². The van der Waals surface area contributed by atoms with Crippen molar-refractivity contribution in [2.24, 2.45) is 5.92 Å². The number of nitrogens with one attached hydrogen (secondary N) is 3. The molecule has 1 aromatic rings. The van der Waals surface area contributed by atoms with Crippen LogP contribution in [-0.4, -0.2) is 30.8 Å². The summed E-state index contributed by atoms with van der Waals surface area (Å²) in [6.45, 7) is 4.82. The molecule has 0 aliphatic heterocycles. The van der Waals surface area contributed by atoms with Crippen LogP contribution >= 0.6 is 12.2 Å². The second-order valence-corrected chi connectivity index (χ2v) is 5.49. The van der Waals surface area contributed by atoms with Crippen molar-refractivity contribution >= 4 is 29.3 Å². The summed E-state index contributed by atoms with van der Waals surface area (Å²) in [5.74, 6) is 0.751. The summed E-state index contributed by atoms with van der Waals surface area (Å²) in [7, 11) is 1.21. The van der Waals surface area contributed by atoms with Crippen molar-refractivity contribution in [3.63, 3.8) is 0 Å². The van der Waals surface area contributed by atoms with Gasteiger partial charge in [0.15, 0.2) is 5.11 Å². The molecule has 7 nitrogen and oxygen atoms in total. The number of hydrazine groups is 1. The highest BCUT2D eigenvalue weighted by molar-refractivity contribution is 7.80. The number of rotatable bonds is 5. The van der Waals surface area contributed by atoms with Crippen molar-refractivity contribution in [1.29, 1.82) is 0 Å². The molecular formula is C15H21N3O4S. The molecule has 0 saturated carbocycles. The van der Waals surface area contributed by atoms with Gasteiger partial charge in [0, 0.05) is 5.56 Å². The number of thiocarbonyl (C=S) groups is 1. The molecule has 0 spiro atoms. The molecule has 8 heteroatoms. The zero-order chi connectivity index (χ0) is 17.2. The van der Waals surface area contributed by atoms with Crippen molar-refractivity contribution in [2.45, 2.75) is 20.3 Å². The van der Waals surface area contributed by atoms with Crippen molar-refractivity contribution in [2.75, 3.05) is 13.7 Å². The fourth-order valence-electron chi connectivity index (χ4n) is 1.50. The number of hydrogen-bond acceptors (Lipinski definition) is 5. The molecule has 0 aromatic heterocycles. The van der Waals surface area contributed by atoms with Crippen molar-refractivity contribution < 1.29 is 19.1 Å². The highest BCUT2D eigenvalue weighted by Crippen LogP contribution is 2.14. The van der Waals surface area contributed by atoms with Crippen LogP contribution in [0, 0.1) is 5.92 Å². The lowest BCUT2D eigenvalue weighted by atomic mass is 10.1. The van der Waals surface area contributed by atoms with E-state index in [0.29, 0.717) is 23.8 Å². The predicted octanol–water partition coefficient (Wildman–Crippen LogP) is 1.99. The molecule has 0 fully saturated rings. The zero-order valence-electron chi connectivity index (χ0n) is 13.3. The molecule has 0 saturated heterocycles. The van der Waals surface area contributed by atoms with Gasteiger partial charge in [-0.1, -0.05) is 19.9 Å². The van der Waals surface area contributed by atoms with Crippen LogP contribution in [-0.2, 0) is 4.74 Å². The third-order valence-corrected chi connectivity index (χ3v) is 2.95. The maximum atomic E-state index is 12.1. The Morgan fingerprint density at radius 1 is 1.26 bits per heavy atom. The Balaban J connectivity index is 2.52. The minimum atomic E-state index is -0.720. The summed E-state index contributed by atoms with van der Waals surface area (Å²) in [4.78, 5) is 22.9. The first-order valence-electron chi connectivity index (χ1n) is 7.10. The molecule has 1 aromatic carbocycles.